The lowest BCUT2D eigenvalue weighted by Gasteiger charge is -2.10. The van der Waals surface area contributed by atoms with Crippen molar-refractivity contribution in [2.75, 3.05) is 20.1 Å². The van der Waals surface area contributed by atoms with E-state index in [-0.39, 0.29) is 0 Å². The third kappa shape index (κ3) is 5.38. The van der Waals surface area contributed by atoms with Crippen molar-refractivity contribution in [1.29, 1.82) is 0 Å². The van der Waals surface area contributed by atoms with Gasteiger partial charge >= 0.3 is 0 Å². The van der Waals surface area contributed by atoms with Gasteiger partial charge in [0.25, 0.3) is 0 Å². The Morgan fingerprint density at radius 2 is 2.05 bits per heavy atom. The minimum absolute atomic E-state index is 0.833. The summed E-state index contributed by atoms with van der Waals surface area (Å²) < 4.78 is 0. The summed E-state index contributed by atoms with van der Waals surface area (Å²) in [5, 5.41) is 11.0. The summed E-state index contributed by atoms with van der Waals surface area (Å²) in [6, 6.07) is 0. The highest BCUT2D eigenvalue weighted by molar-refractivity contribution is 7.11. The predicted octanol–water partition coefficient (Wildman–Crippen LogP) is 2.42. The molecule has 2 N–H and O–H groups in total. The molecule has 0 atom stereocenters. The Labute approximate surface area is 139 Å². The van der Waals surface area contributed by atoms with E-state index in [2.05, 4.69) is 37.9 Å². The average Bonchev–Trinajstić information content (AvgIpc) is 3.14. The molecular weight excluding hydrogens is 314 g/mol. The number of guanidine groups is 1. The molecule has 0 unspecified atom stereocenters. The Morgan fingerprint density at radius 1 is 1.27 bits per heavy atom. The number of rotatable bonds is 7. The van der Waals surface area contributed by atoms with Crippen LogP contribution in [-0.2, 0) is 19.3 Å². The monoisotopic (exact) mass is 337 g/mol. The van der Waals surface area contributed by atoms with Crippen LogP contribution in [0.15, 0.2) is 16.6 Å². The molecule has 0 aliphatic rings. The summed E-state index contributed by atoms with van der Waals surface area (Å²) in [4.78, 5) is 14.5. The van der Waals surface area contributed by atoms with Crippen molar-refractivity contribution >= 4 is 28.6 Å². The van der Waals surface area contributed by atoms with Gasteiger partial charge in [-0.15, -0.1) is 22.7 Å². The van der Waals surface area contributed by atoms with Crippen LogP contribution in [0.1, 0.15) is 27.5 Å². The zero-order valence-corrected chi connectivity index (χ0v) is 15.0. The SMILES string of the molecule is CCc1cnc(CCNC(=NC)NCCc2csc(C)n2)s1. The first-order valence-corrected chi connectivity index (χ1v) is 9.20. The van der Waals surface area contributed by atoms with Gasteiger partial charge < -0.3 is 10.6 Å². The molecule has 0 amide bonds. The fraction of sp³-hybridized carbons (Fsp3) is 0.533. The summed E-state index contributed by atoms with van der Waals surface area (Å²) in [5.74, 6) is 0.833. The van der Waals surface area contributed by atoms with E-state index in [1.165, 1.54) is 9.88 Å². The molecule has 2 aromatic rings. The Balaban J connectivity index is 1.66. The smallest absolute Gasteiger partial charge is 0.191 e. The lowest BCUT2D eigenvalue weighted by atomic mass is 10.3. The van der Waals surface area contributed by atoms with Crippen molar-refractivity contribution in [3.8, 4) is 0 Å². The summed E-state index contributed by atoms with van der Waals surface area (Å²) in [6.07, 6.45) is 4.88. The second kappa shape index (κ2) is 8.85. The van der Waals surface area contributed by atoms with Crippen LogP contribution in [0.25, 0.3) is 0 Å². The Morgan fingerprint density at radius 3 is 2.64 bits per heavy atom. The molecule has 0 aliphatic carbocycles. The van der Waals surface area contributed by atoms with E-state index >= 15 is 0 Å². The number of nitrogens with zero attached hydrogens (tertiary/aromatic N) is 3. The molecule has 0 saturated heterocycles. The molecule has 2 rings (SSSR count). The third-order valence-electron chi connectivity index (χ3n) is 3.14. The second-order valence-corrected chi connectivity index (χ2v) is 7.12. The maximum Gasteiger partial charge on any atom is 0.191 e. The van der Waals surface area contributed by atoms with Crippen molar-refractivity contribution in [1.82, 2.24) is 20.6 Å². The van der Waals surface area contributed by atoms with Crippen LogP contribution in [0.4, 0.5) is 0 Å². The first-order valence-electron chi connectivity index (χ1n) is 7.50. The highest BCUT2D eigenvalue weighted by Crippen LogP contribution is 2.13. The van der Waals surface area contributed by atoms with Gasteiger partial charge in [-0.25, -0.2) is 9.97 Å². The molecule has 0 aliphatic heterocycles. The molecule has 0 spiro atoms. The molecule has 0 radical (unpaired) electrons. The predicted molar refractivity (Wildman–Crippen MR) is 95.1 cm³/mol. The zero-order valence-electron chi connectivity index (χ0n) is 13.3. The largest absolute Gasteiger partial charge is 0.356 e. The number of thiazole rings is 2. The van der Waals surface area contributed by atoms with Crippen molar-refractivity contribution in [2.45, 2.75) is 33.1 Å². The maximum absolute atomic E-state index is 4.46. The minimum atomic E-state index is 0.833. The minimum Gasteiger partial charge on any atom is -0.356 e. The zero-order chi connectivity index (χ0) is 15.8. The number of aromatic nitrogens is 2. The first kappa shape index (κ1) is 16.9. The molecule has 0 bridgehead atoms. The van der Waals surface area contributed by atoms with E-state index in [4.69, 9.17) is 0 Å². The lowest BCUT2D eigenvalue weighted by Crippen LogP contribution is -2.39. The number of hydrogen-bond donors (Lipinski definition) is 2. The van der Waals surface area contributed by atoms with Gasteiger partial charge in [-0.05, 0) is 13.3 Å². The number of aryl methyl sites for hydroxylation is 2. The summed E-state index contributed by atoms with van der Waals surface area (Å²) >= 11 is 3.48. The van der Waals surface area contributed by atoms with Crippen molar-refractivity contribution in [2.24, 2.45) is 4.99 Å². The quantitative estimate of drug-likeness (QED) is 0.602. The number of hydrogen-bond acceptors (Lipinski definition) is 5. The van der Waals surface area contributed by atoms with E-state index in [9.17, 15) is 0 Å². The molecular formula is C15H23N5S2. The second-order valence-electron chi connectivity index (χ2n) is 4.86. The Bertz CT molecular complexity index is 603. The molecule has 120 valence electrons. The molecule has 0 fully saturated rings. The molecule has 0 aromatic carbocycles. The van der Waals surface area contributed by atoms with Crippen LogP contribution in [-0.4, -0.2) is 36.1 Å². The standard InChI is InChI=1S/C15H23N5S2/c1-4-13-9-19-14(22-13)6-8-18-15(16-3)17-7-5-12-10-21-11(2)20-12/h9-10H,4-8H2,1-3H3,(H2,16,17,18). The van der Waals surface area contributed by atoms with Crippen molar-refractivity contribution in [3.05, 3.63) is 32.2 Å². The fourth-order valence-corrected chi connectivity index (χ4v) is 3.48. The van der Waals surface area contributed by atoms with Crippen LogP contribution < -0.4 is 10.6 Å². The fourth-order valence-electron chi connectivity index (χ4n) is 1.97. The molecule has 5 nitrogen and oxygen atoms in total. The van der Waals surface area contributed by atoms with Gasteiger partial charge in [0.15, 0.2) is 5.96 Å². The Kier molecular flexibility index (Phi) is 6.79. The van der Waals surface area contributed by atoms with Gasteiger partial charge in [-0.3, -0.25) is 4.99 Å². The van der Waals surface area contributed by atoms with Gasteiger partial charge in [0.05, 0.1) is 15.7 Å². The van der Waals surface area contributed by atoms with Gasteiger partial charge in [0, 0.05) is 49.4 Å². The summed E-state index contributed by atoms with van der Waals surface area (Å²) in [7, 11) is 1.79. The van der Waals surface area contributed by atoms with E-state index in [0.717, 1.165) is 49.0 Å². The third-order valence-corrected chi connectivity index (χ3v) is 5.17. The maximum atomic E-state index is 4.46. The van der Waals surface area contributed by atoms with Gasteiger partial charge in [-0.2, -0.15) is 0 Å². The summed E-state index contributed by atoms with van der Waals surface area (Å²) in [5.41, 5.74) is 1.14. The van der Waals surface area contributed by atoms with E-state index in [1.54, 1.807) is 29.7 Å². The lowest BCUT2D eigenvalue weighted by molar-refractivity contribution is 0.775. The molecule has 2 heterocycles. The van der Waals surface area contributed by atoms with E-state index < -0.39 is 0 Å². The average molecular weight is 338 g/mol. The van der Waals surface area contributed by atoms with Crippen molar-refractivity contribution in [3.63, 3.8) is 0 Å². The van der Waals surface area contributed by atoms with Gasteiger partial charge in [0.1, 0.15) is 0 Å². The van der Waals surface area contributed by atoms with E-state index in [1.807, 2.05) is 13.1 Å². The van der Waals surface area contributed by atoms with Crippen LogP contribution in [0.2, 0.25) is 0 Å². The molecule has 2 aromatic heterocycles. The van der Waals surface area contributed by atoms with Gasteiger partial charge in [0.2, 0.25) is 0 Å². The van der Waals surface area contributed by atoms with Crippen LogP contribution in [0.3, 0.4) is 0 Å². The molecule has 22 heavy (non-hydrogen) atoms. The van der Waals surface area contributed by atoms with E-state index in [0.29, 0.717) is 0 Å². The van der Waals surface area contributed by atoms with Crippen LogP contribution in [0, 0.1) is 6.92 Å². The first-order chi connectivity index (χ1) is 10.7. The van der Waals surface area contributed by atoms with Crippen molar-refractivity contribution < 1.29 is 0 Å². The Hall–Kier alpha value is -1.47. The van der Waals surface area contributed by atoms with Gasteiger partial charge in [-0.1, -0.05) is 6.92 Å². The molecule has 0 saturated carbocycles. The normalized spacial score (nSPS) is 11.7. The van der Waals surface area contributed by atoms with Crippen LogP contribution in [0.5, 0.6) is 0 Å². The summed E-state index contributed by atoms with van der Waals surface area (Å²) in [6.45, 7) is 5.86. The highest BCUT2D eigenvalue weighted by Gasteiger charge is 2.03. The highest BCUT2D eigenvalue weighted by atomic mass is 32.1. The number of nitrogens with one attached hydrogen (secondary N) is 2. The number of aliphatic imine (C=N–C) groups is 1. The topological polar surface area (TPSA) is 62.2 Å². The van der Waals surface area contributed by atoms with Crippen LogP contribution >= 0.6 is 22.7 Å². The molecule has 7 heteroatoms.